The molecule has 4 aromatic heterocycles. The predicted octanol–water partition coefficient (Wildman–Crippen LogP) is 15.0. The van der Waals surface area contributed by atoms with Crippen LogP contribution in [0.4, 0.5) is 51.7 Å². The van der Waals surface area contributed by atoms with E-state index in [4.69, 9.17) is 43.6 Å². The topological polar surface area (TPSA) is 251 Å². The Kier molecular flexibility index (Phi) is 17.6. The molecule has 0 saturated carbocycles. The van der Waals surface area contributed by atoms with E-state index >= 15 is 0 Å². The minimum Gasteiger partial charge on any atom is -0.481 e. The minimum absolute atomic E-state index is 0.00906. The number of amides is 1. The van der Waals surface area contributed by atoms with E-state index < -0.39 is 39.9 Å². The number of pyridine rings is 1. The number of aromatic nitrogens is 7. The lowest BCUT2D eigenvalue weighted by molar-refractivity contribution is -0.137. The lowest BCUT2D eigenvalue weighted by atomic mass is 9.86. The molecular formula is C59H67ClN16O4S. The van der Waals surface area contributed by atoms with E-state index in [9.17, 15) is 24.8 Å². The van der Waals surface area contributed by atoms with Gasteiger partial charge in [0.15, 0.2) is 23.2 Å². The molecule has 420 valence electrons. The number of azo groups is 2. The van der Waals surface area contributed by atoms with Gasteiger partial charge < -0.3 is 20.6 Å². The summed E-state index contributed by atoms with van der Waals surface area (Å²) < 4.78 is 2.68. The number of anilines is 5. The molecule has 0 aliphatic heterocycles. The Morgan fingerprint density at radius 1 is 0.802 bits per heavy atom. The molecule has 0 aliphatic rings. The van der Waals surface area contributed by atoms with Crippen molar-refractivity contribution in [3.05, 3.63) is 127 Å². The molecule has 0 aliphatic carbocycles. The summed E-state index contributed by atoms with van der Waals surface area (Å²) in [6, 6.07) is 17.5. The number of nitriles is 1. The van der Waals surface area contributed by atoms with Crippen LogP contribution in [0.2, 0.25) is 5.02 Å². The number of nitrogens with zero attached hydrogens (tertiary/aromatic N) is 14. The molecule has 81 heavy (non-hydrogen) atoms. The molecular weight excluding hydrogens is 1060 g/mol. The highest BCUT2D eigenvalue weighted by atomic mass is 35.5. The van der Waals surface area contributed by atoms with Crippen molar-refractivity contribution in [1.82, 2.24) is 34.7 Å². The molecule has 0 radical (unpaired) electrons. The van der Waals surface area contributed by atoms with Crippen LogP contribution in [0.5, 0.6) is 0 Å². The van der Waals surface area contributed by atoms with Gasteiger partial charge in [0.2, 0.25) is 16.3 Å². The number of hydrogen-bond donors (Lipinski definition) is 3. The third-order valence-electron chi connectivity index (χ3n) is 13.0. The van der Waals surface area contributed by atoms with E-state index in [0.29, 0.717) is 47.2 Å². The van der Waals surface area contributed by atoms with Crippen LogP contribution in [-0.2, 0) is 25.2 Å². The molecule has 4 heterocycles. The van der Waals surface area contributed by atoms with Gasteiger partial charge in [-0.3, -0.25) is 14.4 Å². The maximum absolute atomic E-state index is 13.9. The van der Waals surface area contributed by atoms with Gasteiger partial charge >= 0.3 is 5.97 Å². The second-order valence-electron chi connectivity index (χ2n) is 23.2. The second-order valence-corrected chi connectivity index (χ2v) is 24.5. The van der Waals surface area contributed by atoms with Crippen molar-refractivity contribution in [2.75, 3.05) is 22.1 Å². The number of halogens is 1. The third-order valence-corrected chi connectivity index (χ3v) is 14.2. The van der Waals surface area contributed by atoms with Crippen molar-refractivity contribution in [3.8, 4) is 16.3 Å². The standard InChI is InChI=1S/C59H67ClN16O4S/c1-31-25-33(3)43(34(4)26-31)65-51-44(35(5)29-41(64-51)74(24-20-23-42(77)78)47-36(6)27-32(2)28-37(47)7)66-68-52-38(30-61)48(57(8,9)10)72-75(52)55-70-71-56(81-55)76-53(45(62-17)49(73-76)58(11,12)13)69-67-46(50(79)59(14,15)16)54(80)63-40-22-19-18-21-39(40)60/h18-19,21-22,25-29,46H,20,23-24H2,1-16H3,(H,63,80)(H,64,65)(H,77,78). The SMILES string of the molecule is [C-]#[N+]c1c(C(C)(C)C)nn(-c2nnc(-n3nc(C(C)(C)C)c(C#N)c3N=Nc3c(C)cc(N(CCCC(=O)O)c4c(C)cc(C)cc4C)nc3Nc3c(C)cc(C)cc3C)s2)c1N=NC(C(=O)Nc1ccccc1Cl)C(=O)C(C)(C)C. The predicted molar refractivity (Wildman–Crippen MR) is 317 cm³/mol. The summed E-state index contributed by atoms with van der Waals surface area (Å²) in [6.07, 6.45) is 0.307. The Hall–Kier alpha value is -8.53. The number of para-hydroxylation sites is 1. The molecule has 7 aromatic rings. The van der Waals surface area contributed by atoms with Crippen LogP contribution in [0, 0.1) is 71.8 Å². The molecule has 1 amide bonds. The highest BCUT2D eigenvalue weighted by Gasteiger charge is 2.37. The van der Waals surface area contributed by atoms with Gasteiger partial charge in [0, 0.05) is 35.2 Å². The molecule has 1 atom stereocenters. The number of aryl methyl sites for hydroxylation is 7. The summed E-state index contributed by atoms with van der Waals surface area (Å²) in [6.45, 7) is 39.1. The Morgan fingerprint density at radius 3 is 1.91 bits per heavy atom. The first-order chi connectivity index (χ1) is 37.9. The smallest absolute Gasteiger partial charge is 0.303 e. The number of aliphatic carboxylic acids is 1. The van der Waals surface area contributed by atoms with Crippen molar-refractivity contribution in [2.45, 2.75) is 140 Å². The normalized spacial score (nSPS) is 12.4. The lowest BCUT2D eigenvalue weighted by Crippen LogP contribution is -2.40. The highest BCUT2D eigenvalue weighted by molar-refractivity contribution is 7.16. The van der Waals surface area contributed by atoms with Gasteiger partial charge in [-0.2, -0.15) is 29.9 Å². The maximum atomic E-state index is 13.9. The van der Waals surface area contributed by atoms with Crippen LogP contribution in [0.25, 0.3) is 15.1 Å². The third kappa shape index (κ3) is 13.2. The van der Waals surface area contributed by atoms with E-state index in [1.165, 1.54) is 9.36 Å². The van der Waals surface area contributed by atoms with Gasteiger partial charge in [-0.15, -0.1) is 25.5 Å². The van der Waals surface area contributed by atoms with E-state index in [-0.39, 0.29) is 50.3 Å². The van der Waals surface area contributed by atoms with E-state index in [1.54, 1.807) is 45.0 Å². The van der Waals surface area contributed by atoms with Gasteiger partial charge in [0.05, 0.1) is 28.7 Å². The van der Waals surface area contributed by atoms with Crippen molar-refractivity contribution < 1.29 is 19.5 Å². The first kappa shape index (κ1) is 60.1. The maximum Gasteiger partial charge on any atom is 0.303 e. The van der Waals surface area contributed by atoms with Crippen LogP contribution in [0.3, 0.4) is 0 Å². The van der Waals surface area contributed by atoms with Crippen LogP contribution < -0.4 is 15.5 Å². The van der Waals surface area contributed by atoms with Gasteiger partial charge in [-0.25, -0.2) is 9.83 Å². The fourth-order valence-electron chi connectivity index (χ4n) is 9.31. The summed E-state index contributed by atoms with van der Waals surface area (Å²) in [5, 5.41) is 64.8. The van der Waals surface area contributed by atoms with Crippen LogP contribution >= 0.6 is 22.9 Å². The monoisotopic (exact) mass is 1130 g/mol. The summed E-state index contributed by atoms with van der Waals surface area (Å²) in [5.74, 6) is -1.39. The van der Waals surface area contributed by atoms with Crippen LogP contribution in [-0.4, -0.2) is 70.1 Å². The second kappa shape index (κ2) is 23.7. The number of hydrogen-bond acceptors (Lipinski definition) is 16. The van der Waals surface area contributed by atoms with Crippen molar-refractivity contribution >= 4 is 92.3 Å². The zero-order chi connectivity index (χ0) is 59.6. The minimum atomic E-state index is -1.66. The van der Waals surface area contributed by atoms with Crippen molar-refractivity contribution in [2.24, 2.45) is 25.9 Å². The number of ketones is 1. The lowest BCUT2D eigenvalue weighted by Gasteiger charge is -2.29. The number of Topliss-reactive ketones (excluding diaryl/α,β-unsaturated/α-hetero) is 1. The Balaban J connectivity index is 1.40. The summed E-state index contributed by atoms with van der Waals surface area (Å²) in [5.41, 5.74) is 7.56. The quantitative estimate of drug-likeness (QED) is 0.0437. The molecule has 0 fully saturated rings. The number of carbonyl (C=O) groups is 3. The zero-order valence-electron chi connectivity index (χ0n) is 48.6. The fraction of sp³-hybridized carbons (Fsp3) is 0.390. The van der Waals surface area contributed by atoms with Crippen LogP contribution in [0.1, 0.15) is 131 Å². The summed E-state index contributed by atoms with van der Waals surface area (Å²) >= 11 is 7.38. The van der Waals surface area contributed by atoms with Gasteiger partial charge in [-0.05, 0) is 106 Å². The van der Waals surface area contributed by atoms with Crippen molar-refractivity contribution in [1.29, 1.82) is 5.26 Å². The first-order valence-electron chi connectivity index (χ1n) is 26.2. The van der Waals surface area contributed by atoms with E-state index in [1.807, 2.05) is 101 Å². The Morgan fingerprint density at radius 2 is 1.37 bits per heavy atom. The molecule has 7 rings (SSSR count). The first-order valence-corrected chi connectivity index (χ1v) is 27.4. The van der Waals surface area contributed by atoms with Gasteiger partial charge in [0.25, 0.3) is 11.6 Å². The van der Waals surface area contributed by atoms with Crippen LogP contribution in [0.15, 0.2) is 75.1 Å². The summed E-state index contributed by atoms with van der Waals surface area (Å²) in [7, 11) is 0. The average Bonchev–Trinajstić information content (AvgIpc) is 4.12. The molecule has 0 bridgehead atoms. The molecule has 3 aromatic carbocycles. The molecule has 20 nitrogen and oxygen atoms in total. The molecule has 3 N–H and O–H groups in total. The number of carboxylic acid groups (broad SMARTS) is 1. The highest BCUT2D eigenvalue weighted by Crippen LogP contribution is 2.44. The molecule has 22 heteroatoms. The van der Waals surface area contributed by atoms with Crippen molar-refractivity contribution in [3.63, 3.8) is 0 Å². The average molecular weight is 1130 g/mol. The number of benzene rings is 3. The summed E-state index contributed by atoms with van der Waals surface area (Å²) in [4.78, 5) is 50.8. The number of nitrogens with one attached hydrogen (secondary N) is 2. The van der Waals surface area contributed by atoms with E-state index in [2.05, 4.69) is 66.2 Å². The molecule has 0 spiro atoms. The number of rotatable bonds is 17. The van der Waals surface area contributed by atoms with Gasteiger partial charge in [0.1, 0.15) is 23.1 Å². The molecule has 1 unspecified atom stereocenters. The van der Waals surface area contributed by atoms with E-state index in [0.717, 1.165) is 56.1 Å². The fourth-order valence-corrected chi connectivity index (χ4v) is 10.2. The number of carboxylic acids is 1. The van der Waals surface area contributed by atoms with Gasteiger partial charge in [-0.1, -0.05) is 133 Å². The number of carbonyl (C=O) groups excluding carboxylic acids is 2. The Labute approximate surface area is 481 Å². The zero-order valence-corrected chi connectivity index (χ0v) is 50.2. The Bertz CT molecular complexity index is 3710. The molecule has 0 saturated heterocycles. The largest absolute Gasteiger partial charge is 0.481 e.